The van der Waals surface area contributed by atoms with Crippen LogP contribution in [0.2, 0.25) is 0 Å². The fourth-order valence-corrected chi connectivity index (χ4v) is 2.40. The van der Waals surface area contributed by atoms with Gasteiger partial charge in [-0.25, -0.2) is 4.98 Å². The van der Waals surface area contributed by atoms with Crippen molar-refractivity contribution < 1.29 is 9.53 Å². The van der Waals surface area contributed by atoms with E-state index in [9.17, 15) is 4.79 Å². The number of rotatable bonds is 5. The smallest absolute Gasteiger partial charge is 0.291 e. The predicted molar refractivity (Wildman–Crippen MR) is 80.2 cm³/mol. The zero-order valence-electron chi connectivity index (χ0n) is 13.2. The normalized spacial score (nSPS) is 16.9. The summed E-state index contributed by atoms with van der Waals surface area (Å²) in [5, 5.41) is 9.57. The van der Waals surface area contributed by atoms with Crippen LogP contribution >= 0.6 is 0 Å². The number of aromatic amines is 1. The van der Waals surface area contributed by atoms with Crippen molar-refractivity contribution in [3.63, 3.8) is 0 Å². The van der Waals surface area contributed by atoms with Crippen LogP contribution in [0.1, 0.15) is 69.3 Å². The van der Waals surface area contributed by atoms with E-state index < -0.39 is 0 Å². The summed E-state index contributed by atoms with van der Waals surface area (Å²) in [5.74, 6) is 0.651. The van der Waals surface area contributed by atoms with Crippen molar-refractivity contribution in [3.8, 4) is 0 Å². The van der Waals surface area contributed by atoms with Crippen molar-refractivity contribution in [2.45, 2.75) is 64.4 Å². The molecular weight excluding hydrogens is 268 g/mol. The molecule has 6 heteroatoms. The maximum Gasteiger partial charge on any atom is 0.291 e. The van der Waals surface area contributed by atoms with Gasteiger partial charge in [-0.1, -0.05) is 40.0 Å². The molecule has 6 nitrogen and oxygen atoms in total. The molecule has 0 aliphatic heterocycles. The Kier molecular flexibility index (Phi) is 5.33. The largest absolute Gasteiger partial charge is 0.376 e. The number of nitrogens with zero attached hydrogens (tertiary/aromatic N) is 2. The third kappa shape index (κ3) is 4.81. The van der Waals surface area contributed by atoms with E-state index in [0.717, 1.165) is 12.8 Å². The molecule has 1 aromatic rings. The van der Waals surface area contributed by atoms with Gasteiger partial charge in [0.1, 0.15) is 5.82 Å². The average Bonchev–Trinajstić information content (AvgIpc) is 2.94. The van der Waals surface area contributed by atoms with Crippen molar-refractivity contribution in [1.82, 2.24) is 20.5 Å². The highest BCUT2D eigenvalue weighted by Gasteiger charge is 2.21. The van der Waals surface area contributed by atoms with Crippen LogP contribution in [-0.2, 0) is 10.2 Å². The van der Waals surface area contributed by atoms with Gasteiger partial charge in [-0.2, -0.15) is 0 Å². The van der Waals surface area contributed by atoms with Gasteiger partial charge in [0.25, 0.3) is 5.91 Å². The zero-order valence-corrected chi connectivity index (χ0v) is 13.2. The Labute approximate surface area is 126 Å². The third-order valence-electron chi connectivity index (χ3n) is 3.69. The van der Waals surface area contributed by atoms with Crippen molar-refractivity contribution in [2.75, 3.05) is 13.2 Å². The van der Waals surface area contributed by atoms with E-state index in [1.807, 2.05) is 20.8 Å². The summed E-state index contributed by atoms with van der Waals surface area (Å²) in [4.78, 5) is 16.2. The first-order valence-electron chi connectivity index (χ1n) is 7.79. The third-order valence-corrected chi connectivity index (χ3v) is 3.69. The van der Waals surface area contributed by atoms with E-state index in [1.54, 1.807) is 0 Å². The van der Waals surface area contributed by atoms with E-state index in [1.165, 1.54) is 19.3 Å². The summed E-state index contributed by atoms with van der Waals surface area (Å²) in [7, 11) is 0. The van der Waals surface area contributed by atoms with Gasteiger partial charge in [0.15, 0.2) is 0 Å². The molecule has 0 aromatic carbocycles. The molecule has 1 fully saturated rings. The number of H-pyrrole nitrogens is 1. The second-order valence-electron chi connectivity index (χ2n) is 6.64. The van der Waals surface area contributed by atoms with Crippen LogP contribution in [-0.4, -0.2) is 40.3 Å². The van der Waals surface area contributed by atoms with Gasteiger partial charge in [0, 0.05) is 12.0 Å². The van der Waals surface area contributed by atoms with Crippen molar-refractivity contribution in [2.24, 2.45) is 0 Å². The van der Waals surface area contributed by atoms with Crippen LogP contribution in [0.4, 0.5) is 0 Å². The van der Waals surface area contributed by atoms with E-state index in [0.29, 0.717) is 25.1 Å². The summed E-state index contributed by atoms with van der Waals surface area (Å²) in [6, 6.07) is 0. The van der Waals surface area contributed by atoms with Gasteiger partial charge < -0.3 is 10.1 Å². The summed E-state index contributed by atoms with van der Waals surface area (Å²) >= 11 is 0. The highest BCUT2D eigenvalue weighted by Crippen LogP contribution is 2.20. The fourth-order valence-electron chi connectivity index (χ4n) is 2.40. The van der Waals surface area contributed by atoms with Gasteiger partial charge in [0.2, 0.25) is 5.82 Å². The molecule has 1 saturated carbocycles. The maximum absolute atomic E-state index is 11.9. The van der Waals surface area contributed by atoms with Gasteiger partial charge in [-0.3, -0.25) is 9.89 Å². The van der Waals surface area contributed by atoms with Crippen molar-refractivity contribution >= 4 is 5.91 Å². The van der Waals surface area contributed by atoms with E-state index in [-0.39, 0.29) is 17.1 Å². The number of hydrogen-bond acceptors (Lipinski definition) is 4. The molecule has 0 unspecified atom stereocenters. The first-order valence-corrected chi connectivity index (χ1v) is 7.79. The Morgan fingerprint density at radius 2 is 2.05 bits per heavy atom. The van der Waals surface area contributed by atoms with E-state index >= 15 is 0 Å². The number of amides is 1. The lowest BCUT2D eigenvalue weighted by Crippen LogP contribution is -2.30. The SMILES string of the molecule is CC(C)(C)c1nc(C(=O)NCCOC2CCCCC2)n[nH]1. The number of hydrogen-bond donors (Lipinski definition) is 2. The van der Waals surface area contributed by atoms with Gasteiger partial charge in [-0.15, -0.1) is 5.10 Å². The molecule has 1 aliphatic carbocycles. The minimum atomic E-state index is -0.256. The highest BCUT2D eigenvalue weighted by molar-refractivity contribution is 5.90. The molecule has 0 radical (unpaired) electrons. The first kappa shape index (κ1) is 15.9. The van der Waals surface area contributed by atoms with Crippen LogP contribution in [0.5, 0.6) is 0 Å². The molecule has 118 valence electrons. The highest BCUT2D eigenvalue weighted by atomic mass is 16.5. The van der Waals surface area contributed by atoms with E-state index in [2.05, 4.69) is 20.5 Å². The van der Waals surface area contributed by atoms with E-state index in [4.69, 9.17) is 4.74 Å². The number of carbonyl (C=O) groups excluding carboxylic acids is 1. The number of carbonyl (C=O) groups is 1. The monoisotopic (exact) mass is 294 g/mol. The first-order chi connectivity index (χ1) is 9.97. The van der Waals surface area contributed by atoms with Gasteiger partial charge in [0.05, 0.1) is 12.7 Å². The molecule has 1 aliphatic rings. The van der Waals surface area contributed by atoms with Crippen LogP contribution < -0.4 is 5.32 Å². The summed E-state index contributed by atoms with van der Waals surface area (Å²) < 4.78 is 5.77. The van der Waals surface area contributed by atoms with Crippen LogP contribution in [0, 0.1) is 0 Å². The number of nitrogens with one attached hydrogen (secondary N) is 2. The lowest BCUT2D eigenvalue weighted by atomic mass is 9.96. The molecule has 1 aromatic heterocycles. The molecule has 0 spiro atoms. The molecule has 1 amide bonds. The average molecular weight is 294 g/mol. The van der Waals surface area contributed by atoms with Crippen LogP contribution in [0.15, 0.2) is 0 Å². The topological polar surface area (TPSA) is 79.9 Å². The Hall–Kier alpha value is -1.43. The number of ether oxygens (including phenoxy) is 1. The lowest BCUT2D eigenvalue weighted by molar-refractivity contribution is 0.0299. The predicted octanol–water partition coefficient (Wildman–Crippen LogP) is 2.18. The molecule has 0 saturated heterocycles. The number of aromatic nitrogens is 3. The molecular formula is C15H26N4O2. The lowest BCUT2D eigenvalue weighted by Gasteiger charge is -2.21. The Morgan fingerprint density at radius 3 is 2.67 bits per heavy atom. The minimum Gasteiger partial charge on any atom is -0.376 e. The van der Waals surface area contributed by atoms with Crippen molar-refractivity contribution in [3.05, 3.63) is 11.6 Å². The molecule has 2 N–H and O–H groups in total. The quantitative estimate of drug-likeness (QED) is 0.816. The van der Waals surface area contributed by atoms with Crippen LogP contribution in [0.25, 0.3) is 0 Å². The molecule has 0 atom stereocenters. The summed E-state index contributed by atoms with van der Waals surface area (Å²) in [6.45, 7) is 7.11. The van der Waals surface area contributed by atoms with Crippen molar-refractivity contribution in [1.29, 1.82) is 0 Å². The molecule has 0 bridgehead atoms. The summed E-state index contributed by atoms with van der Waals surface area (Å²) in [6.07, 6.45) is 6.48. The standard InChI is InChI=1S/C15H26N4O2/c1-15(2,3)14-17-12(18-19-14)13(20)16-9-10-21-11-7-5-4-6-8-11/h11H,4-10H2,1-3H3,(H,16,20)(H,17,18,19). The Morgan fingerprint density at radius 1 is 1.33 bits per heavy atom. The van der Waals surface area contributed by atoms with Crippen LogP contribution in [0.3, 0.4) is 0 Å². The minimum absolute atomic E-state index is 0.143. The Balaban J connectivity index is 1.70. The second kappa shape index (κ2) is 7.02. The second-order valence-corrected chi connectivity index (χ2v) is 6.64. The summed E-state index contributed by atoms with van der Waals surface area (Å²) in [5.41, 5.74) is -0.143. The zero-order chi connectivity index (χ0) is 15.3. The molecule has 1 heterocycles. The van der Waals surface area contributed by atoms with Gasteiger partial charge in [-0.05, 0) is 12.8 Å². The molecule has 2 rings (SSSR count). The van der Waals surface area contributed by atoms with Gasteiger partial charge >= 0.3 is 0 Å². The fraction of sp³-hybridized carbons (Fsp3) is 0.800. The Bertz CT molecular complexity index is 458. The maximum atomic E-state index is 11.9. The molecule has 21 heavy (non-hydrogen) atoms.